The van der Waals surface area contributed by atoms with Crippen molar-refractivity contribution in [3.63, 3.8) is 0 Å². The maximum Gasteiger partial charge on any atom is 0.308 e. The minimum absolute atomic E-state index is 0.0581. The van der Waals surface area contributed by atoms with Gasteiger partial charge in [-0.05, 0) is 20.8 Å². The lowest BCUT2D eigenvalue weighted by molar-refractivity contribution is -0.265. The summed E-state index contributed by atoms with van der Waals surface area (Å²) < 4.78 is 16.6. The number of aliphatic hydroxyl groups is 1. The Kier molecular flexibility index (Phi) is 5.77. The van der Waals surface area contributed by atoms with Crippen molar-refractivity contribution in [2.45, 2.75) is 71.6 Å². The maximum atomic E-state index is 11.8. The predicted octanol–water partition coefficient (Wildman–Crippen LogP) is 1.87. The summed E-state index contributed by atoms with van der Waals surface area (Å²) in [7, 11) is 0. The Morgan fingerprint density at radius 2 is 1.89 bits per heavy atom. The molecular weight excluding hydrogens is 248 g/mol. The van der Waals surface area contributed by atoms with Crippen molar-refractivity contribution < 1.29 is 24.1 Å². The molecule has 1 unspecified atom stereocenters. The molecule has 3 atom stereocenters. The average Bonchev–Trinajstić information content (AvgIpc) is 2.25. The second-order valence-corrected chi connectivity index (χ2v) is 6.34. The van der Waals surface area contributed by atoms with Gasteiger partial charge in [-0.1, -0.05) is 13.8 Å². The van der Waals surface area contributed by atoms with E-state index in [2.05, 4.69) is 0 Å². The van der Waals surface area contributed by atoms with E-state index in [1.807, 2.05) is 34.6 Å². The number of ether oxygens (including phenoxy) is 3. The summed E-state index contributed by atoms with van der Waals surface area (Å²) >= 11 is 0. The summed E-state index contributed by atoms with van der Waals surface area (Å²) in [6.07, 6.45) is -0.195. The number of hydrogen-bond donors (Lipinski definition) is 1. The highest BCUT2D eigenvalue weighted by Gasteiger charge is 2.33. The van der Waals surface area contributed by atoms with Crippen molar-refractivity contribution in [2.24, 2.45) is 5.92 Å². The normalized spacial score (nSPS) is 28.5. The van der Waals surface area contributed by atoms with Crippen LogP contribution in [0.2, 0.25) is 0 Å². The Balaban J connectivity index is 2.54. The number of esters is 1. The molecule has 0 bridgehead atoms. The molecule has 1 saturated heterocycles. The van der Waals surface area contributed by atoms with Crippen LogP contribution in [0.25, 0.3) is 0 Å². The van der Waals surface area contributed by atoms with Gasteiger partial charge < -0.3 is 19.3 Å². The predicted molar refractivity (Wildman–Crippen MR) is 70.5 cm³/mol. The monoisotopic (exact) mass is 274 g/mol. The number of carbonyl (C=O) groups is 1. The highest BCUT2D eigenvalue weighted by atomic mass is 16.7. The molecule has 1 N–H and O–H groups in total. The lowest BCUT2D eigenvalue weighted by Gasteiger charge is -2.36. The van der Waals surface area contributed by atoms with E-state index < -0.39 is 5.60 Å². The molecule has 0 radical (unpaired) electrons. The minimum atomic E-state index is -0.490. The zero-order valence-corrected chi connectivity index (χ0v) is 12.5. The van der Waals surface area contributed by atoms with E-state index in [0.29, 0.717) is 6.42 Å². The van der Waals surface area contributed by atoms with Gasteiger partial charge in [-0.2, -0.15) is 0 Å². The Morgan fingerprint density at radius 1 is 1.32 bits per heavy atom. The number of rotatable bonds is 4. The van der Waals surface area contributed by atoms with Crippen LogP contribution in [0.4, 0.5) is 0 Å². The van der Waals surface area contributed by atoms with Crippen LogP contribution >= 0.6 is 0 Å². The van der Waals surface area contributed by atoms with Crippen molar-refractivity contribution in [3.05, 3.63) is 0 Å². The van der Waals surface area contributed by atoms with Gasteiger partial charge in [0.05, 0.1) is 25.2 Å². The molecule has 1 fully saturated rings. The summed E-state index contributed by atoms with van der Waals surface area (Å²) in [5.41, 5.74) is -0.490. The van der Waals surface area contributed by atoms with E-state index in [4.69, 9.17) is 14.2 Å². The second kappa shape index (κ2) is 6.68. The molecule has 1 heterocycles. The molecule has 0 spiro atoms. The molecule has 5 nitrogen and oxygen atoms in total. The van der Waals surface area contributed by atoms with Gasteiger partial charge in [0.25, 0.3) is 0 Å². The fourth-order valence-corrected chi connectivity index (χ4v) is 1.95. The molecule has 1 rings (SSSR count). The highest BCUT2D eigenvalue weighted by molar-refractivity contribution is 5.70. The SMILES string of the molecule is CC(C)C1O[C@H](CO)C[C@H](CC(=O)OC(C)(C)C)O1. The van der Waals surface area contributed by atoms with E-state index >= 15 is 0 Å². The molecule has 1 aliphatic rings. The van der Waals surface area contributed by atoms with E-state index in [-0.39, 0.29) is 43.4 Å². The Morgan fingerprint density at radius 3 is 2.37 bits per heavy atom. The first-order chi connectivity index (χ1) is 8.71. The quantitative estimate of drug-likeness (QED) is 0.793. The van der Waals surface area contributed by atoms with Crippen LogP contribution in [0.1, 0.15) is 47.5 Å². The van der Waals surface area contributed by atoms with E-state index in [9.17, 15) is 9.90 Å². The van der Waals surface area contributed by atoms with Gasteiger partial charge in [0.15, 0.2) is 6.29 Å². The van der Waals surface area contributed by atoms with Gasteiger partial charge in [-0.15, -0.1) is 0 Å². The van der Waals surface area contributed by atoms with Gasteiger partial charge in [0.1, 0.15) is 5.60 Å². The third-order valence-electron chi connectivity index (χ3n) is 2.74. The van der Waals surface area contributed by atoms with Crippen LogP contribution in [0.15, 0.2) is 0 Å². The summed E-state index contributed by atoms with van der Waals surface area (Å²) in [6, 6.07) is 0. The van der Waals surface area contributed by atoms with Crippen molar-refractivity contribution >= 4 is 5.97 Å². The molecule has 0 aliphatic carbocycles. The molecule has 0 aromatic heterocycles. The van der Waals surface area contributed by atoms with Crippen LogP contribution in [-0.2, 0) is 19.0 Å². The lowest BCUT2D eigenvalue weighted by atomic mass is 10.1. The highest BCUT2D eigenvalue weighted by Crippen LogP contribution is 2.25. The summed E-state index contributed by atoms with van der Waals surface area (Å²) in [6.45, 7) is 9.41. The molecule has 112 valence electrons. The van der Waals surface area contributed by atoms with Crippen molar-refractivity contribution in [3.8, 4) is 0 Å². The smallest absolute Gasteiger partial charge is 0.308 e. The van der Waals surface area contributed by atoms with Crippen LogP contribution in [0.5, 0.6) is 0 Å². The first-order valence-corrected chi connectivity index (χ1v) is 6.85. The van der Waals surface area contributed by atoms with Crippen LogP contribution in [0.3, 0.4) is 0 Å². The summed E-state index contributed by atoms with van der Waals surface area (Å²) in [5, 5.41) is 9.23. The van der Waals surface area contributed by atoms with Crippen LogP contribution in [0, 0.1) is 5.92 Å². The third-order valence-corrected chi connectivity index (χ3v) is 2.74. The van der Waals surface area contributed by atoms with Crippen molar-refractivity contribution in [2.75, 3.05) is 6.61 Å². The van der Waals surface area contributed by atoms with Gasteiger partial charge in [0, 0.05) is 12.3 Å². The van der Waals surface area contributed by atoms with Gasteiger partial charge in [0.2, 0.25) is 0 Å². The molecule has 0 saturated carbocycles. The summed E-state index contributed by atoms with van der Waals surface area (Å²) in [5.74, 6) is -0.103. The second-order valence-electron chi connectivity index (χ2n) is 6.34. The zero-order valence-electron chi connectivity index (χ0n) is 12.5. The van der Waals surface area contributed by atoms with Crippen LogP contribution in [-0.4, -0.2) is 41.8 Å². The lowest BCUT2D eigenvalue weighted by Crippen LogP contribution is -2.43. The van der Waals surface area contributed by atoms with Gasteiger partial charge in [-0.25, -0.2) is 0 Å². The fraction of sp³-hybridized carbons (Fsp3) is 0.929. The van der Waals surface area contributed by atoms with E-state index in [0.717, 1.165) is 0 Å². The third kappa shape index (κ3) is 5.89. The number of hydrogen-bond acceptors (Lipinski definition) is 5. The molecule has 0 aromatic carbocycles. The Hall–Kier alpha value is -0.650. The fourth-order valence-electron chi connectivity index (χ4n) is 1.95. The van der Waals surface area contributed by atoms with E-state index in [1.165, 1.54) is 0 Å². The van der Waals surface area contributed by atoms with Crippen molar-refractivity contribution in [1.29, 1.82) is 0 Å². The van der Waals surface area contributed by atoms with Crippen LogP contribution < -0.4 is 0 Å². The molecular formula is C14H26O5. The first-order valence-electron chi connectivity index (χ1n) is 6.85. The van der Waals surface area contributed by atoms with Gasteiger partial charge >= 0.3 is 5.97 Å². The molecule has 0 aromatic rings. The minimum Gasteiger partial charge on any atom is -0.460 e. The maximum absolute atomic E-state index is 11.8. The Bertz CT molecular complexity index is 295. The van der Waals surface area contributed by atoms with Gasteiger partial charge in [-0.3, -0.25) is 4.79 Å². The summed E-state index contributed by atoms with van der Waals surface area (Å²) in [4.78, 5) is 11.8. The average molecular weight is 274 g/mol. The first kappa shape index (κ1) is 16.4. The Labute approximate surface area is 115 Å². The molecule has 5 heteroatoms. The molecule has 19 heavy (non-hydrogen) atoms. The topological polar surface area (TPSA) is 65.0 Å². The molecule has 0 amide bonds. The number of aliphatic hydroxyl groups excluding tert-OH is 1. The van der Waals surface area contributed by atoms with Crippen molar-refractivity contribution in [1.82, 2.24) is 0 Å². The molecule has 1 aliphatic heterocycles. The standard InChI is InChI=1S/C14H26O5/c1-9(2)13-17-10(6-11(8-15)18-13)7-12(16)19-14(3,4)5/h9-11,13,15H,6-8H2,1-5H3/t10-,11+,13?/m1/s1. The zero-order chi connectivity index (χ0) is 14.6. The largest absolute Gasteiger partial charge is 0.460 e. The van der Waals surface area contributed by atoms with E-state index in [1.54, 1.807) is 0 Å². The number of carbonyl (C=O) groups excluding carboxylic acids is 1.